The quantitative estimate of drug-likeness (QED) is 0.882. The fourth-order valence-corrected chi connectivity index (χ4v) is 2.28. The first kappa shape index (κ1) is 14.1. The van der Waals surface area contributed by atoms with E-state index in [0.717, 1.165) is 29.7 Å². The molecule has 1 rings (SSSR count). The van der Waals surface area contributed by atoms with Crippen LogP contribution in [-0.2, 0) is 12.8 Å². The topological polar surface area (TPSA) is 44.5 Å². The number of nitrogens with two attached hydrogens (primary N) is 1. The third kappa shape index (κ3) is 3.05. The van der Waals surface area contributed by atoms with E-state index in [9.17, 15) is 0 Å². The molecular weight excluding hydrogens is 238 g/mol. The molecule has 0 radical (unpaired) electrons. The van der Waals surface area contributed by atoms with E-state index in [4.69, 9.17) is 26.8 Å². The van der Waals surface area contributed by atoms with Crippen molar-refractivity contribution < 1.29 is 9.47 Å². The summed E-state index contributed by atoms with van der Waals surface area (Å²) in [4.78, 5) is 0. The Morgan fingerprint density at radius 1 is 1.29 bits per heavy atom. The van der Waals surface area contributed by atoms with Crippen molar-refractivity contribution in [3.8, 4) is 11.5 Å². The largest absolute Gasteiger partial charge is 0.493 e. The smallest absolute Gasteiger partial charge is 0.164 e. The van der Waals surface area contributed by atoms with Gasteiger partial charge in [0.2, 0.25) is 0 Å². The lowest BCUT2D eigenvalue weighted by Gasteiger charge is -2.18. The fourth-order valence-electron chi connectivity index (χ4n) is 1.99. The SMILES string of the molecule is CCc1c(CC(C)N)c(Cl)cc(OC)c1OC. The minimum absolute atomic E-state index is 0.0656. The van der Waals surface area contributed by atoms with Crippen LogP contribution in [0.1, 0.15) is 25.0 Å². The molecule has 0 aliphatic rings. The van der Waals surface area contributed by atoms with E-state index in [1.165, 1.54) is 0 Å². The van der Waals surface area contributed by atoms with Crippen LogP contribution in [0.5, 0.6) is 11.5 Å². The number of ether oxygens (including phenoxy) is 2. The highest BCUT2D eigenvalue weighted by Gasteiger charge is 2.18. The first-order valence-corrected chi connectivity index (χ1v) is 6.10. The summed E-state index contributed by atoms with van der Waals surface area (Å²) in [5.74, 6) is 1.43. The van der Waals surface area contributed by atoms with Crippen molar-refractivity contribution in [1.29, 1.82) is 0 Å². The number of halogens is 1. The molecule has 4 heteroatoms. The molecule has 17 heavy (non-hydrogen) atoms. The molecule has 0 spiro atoms. The Hall–Kier alpha value is -0.930. The van der Waals surface area contributed by atoms with Crippen LogP contribution in [-0.4, -0.2) is 20.3 Å². The second-order valence-corrected chi connectivity index (χ2v) is 4.49. The van der Waals surface area contributed by atoms with Gasteiger partial charge in [0.05, 0.1) is 14.2 Å². The van der Waals surface area contributed by atoms with Crippen molar-refractivity contribution in [3.05, 3.63) is 22.2 Å². The molecular formula is C13H20ClNO2. The van der Waals surface area contributed by atoms with Crippen LogP contribution in [0.15, 0.2) is 6.07 Å². The highest BCUT2D eigenvalue weighted by Crippen LogP contribution is 2.38. The van der Waals surface area contributed by atoms with Crippen LogP contribution < -0.4 is 15.2 Å². The molecule has 0 amide bonds. The van der Waals surface area contributed by atoms with Crippen LogP contribution in [0.4, 0.5) is 0 Å². The lowest BCUT2D eigenvalue weighted by atomic mass is 9.98. The zero-order valence-corrected chi connectivity index (χ0v) is 11.6. The van der Waals surface area contributed by atoms with Crippen LogP contribution in [0.25, 0.3) is 0 Å². The summed E-state index contributed by atoms with van der Waals surface area (Å²) < 4.78 is 10.7. The maximum atomic E-state index is 6.27. The molecule has 1 atom stereocenters. The molecule has 1 aromatic carbocycles. The second kappa shape index (κ2) is 6.12. The zero-order valence-electron chi connectivity index (χ0n) is 10.8. The summed E-state index contributed by atoms with van der Waals surface area (Å²) in [5.41, 5.74) is 7.98. The summed E-state index contributed by atoms with van der Waals surface area (Å²) in [6.07, 6.45) is 1.57. The van der Waals surface area contributed by atoms with Gasteiger partial charge in [-0.2, -0.15) is 0 Å². The number of rotatable bonds is 5. The van der Waals surface area contributed by atoms with Crippen molar-refractivity contribution >= 4 is 11.6 Å². The molecule has 0 fully saturated rings. The average Bonchev–Trinajstić information content (AvgIpc) is 2.30. The van der Waals surface area contributed by atoms with Crippen molar-refractivity contribution in [2.75, 3.05) is 14.2 Å². The highest BCUT2D eigenvalue weighted by molar-refractivity contribution is 6.31. The van der Waals surface area contributed by atoms with Gasteiger partial charge in [-0.05, 0) is 25.3 Å². The Bertz CT molecular complexity index is 391. The molecule has 0 aromatic heterocycles. The van der Waals surface area contributed by atoms with Crippen LogP contribution in [0, 0.1) is 0 Å². The minimum atomic E-state index is 0.0656. The van der Waals surface area contributed by atoms with E-state index in [1.807, 2.05) is 6.92 Å². The summed E-state index contributed by atoms with van der Waals surface area (Å²) in [5, 5.41) is 0.691. The average molecular weight is 258 g/mol. The third-order valence-electron chi connectivity index (χ3n) is 2.71. The molecule has 1 unspecified atom stereocenters. The maximum absolute atomic E-state index is 6.27. The Labute approximate surface area is 108 Å². The Balaban J connectivity index is 3.38. The molecule has 0 bridgehead atoms. The van der Waals surface area contributed by atoms with Gasteiger partial charge in [0, 0.05) is 22.7 Å². The van der Waals surface area contributed by atoms with E-state index in [0.29, 0.717) is 10.8 Å². The van der Waals surface area contributed by atoms with Gasteiger partial charge in [0.15, 0.2) is 11.5 Å². The van der Waals surface area contributed by atoms with Crippen LogP contribution in [0.2, 0.25) is 5.02 Å². The number of benzene rings is 1. The lowest BCUT2D eigenvalue weighted by Crippen LogP contribution is -2.19. The van der Waals surface area contributed by atoms with E-state index in [-0.39, 0.29) is 6.04 Å². The normalized spacial score (nSPS) is 12.4. The monoisotopic (exact) mass is 257 g/mol. The van der Waals surface area contributed by atoms with Crippen molar-refractivity contribution in [3.63, 3.8) is 0 Å². The van der Waals surface area contributed by atoms with Crippen molar-refractivity contribution in [1.82, 2.24) is 0 Å². The number of methoxy groups -OCH3 is 2. The van der Waals surface area contributed by atoms with Crippen LogP contribution in [0.3, 0.4) is 0 Å². The summed E-state index contributed by atoms with van der Waals surface area (Å²) >= 11 is 6.27. The molecule has 0 saturated carbocycles. The second-order valence-electron chi connectivity index (χ2n) is 4.09. The van der Waals surface area contributed by atoms with E-state index >= 15 is 0 Å². The third-order valence-corrected chi connectivity index (χ3v) is 3.05. The summed E-state index contributed by atoms with van der Waals surface area (Å²) in [7, 11) is 3.25. The predicted molar refractivity (Wildman–Crippen MR) is 71.3 cm³/mol. The van der Waals surface area contributed by atoms with E-state index in [2.05, 4.69) is 6.92 Å². The predicted octanol–water partition coefficient (Wildman–Crippen LogP) is 2.81. The molecule has 0 saturated heterocycles. The summed E-state index contributed by atoms with van der Waals surface area (Å²) in [6, 6.07) is 1.85. The number of hydrogen-bond donors (Lipinski definition) is 1. The highest BCUT2D eigenvalue weighted by atomic mass is 35.5. The Kier molecular flexibility index (Phi) is 5.09. The van der Waals surface area contributed by atoms with Crippen molar-refractivity contribution in [2.45, 2.75) is 32.7 Å². The van der Waals surface area contributed by atoms with E-state index in [1.54, 1.807) is 20.3 Å². The van der Waals surface area contributed by atoms with Gasteiger partial charge in [-0.25, -0.2) is 0 Å². The Morgan fingerprint density at radius 2 is 1.94 bits per heavy atom. The Morgan fingerprint density at radius 3 is 2.35 bits per heavy atom. The molecule has 3 nitrogen and oxygen atoms in total. The van der Waals surface area contributed by atoms with E-state index < -0.39 is 0 Å². The fraction of sp³-hybridized carbons (Fsp3) is 0.538. The van der Waals surface area contributed by atoms with Gasteiger partial charge in [0.1, 0.15) is 0 Å². The molecule has 2 N–H and O–H groups in total. The van der Waals surface area contributed by atoms with Gasteiger partial charge < -0.3 is 15.2 Å². The van der Waals surface area contributed by atoms with Gasteiger partial charge >= 0.3 is 0 Å². The molecule has 0 aliphatic heterocycles. The molecule has 0 heterocycles. The lowest BCUT2D eigenvalue weighted by molar-refractivity contribution is 0.351. The van der Waals surface area contributed by atoms with Gasteiger partial charge in [0.25, 0.3) is 0 Å². The van der Waals surface area contributed by atoms with Crippen LogP contribution >= 0.6 is 11.6 Å². The summed E-state index contributed by atoms with van der Waals surface area (Å²) in [6.45, 7) is 4.03. The first-order chi connectivity index (χ1) is 8.04. The molecule has 96 valence electrons. The molecule has 0 aliphatic carbocycles. The van der Waals surface area contributed by atoms with Gasteiger partial charge in [-0.15, -0.1) is 0 Å². The van der Waals surface area contributed by atoms with Gasteiger partial charge in [-0.1, -0.05) is 18.5 Å². The number of hydrogen-bond acceptors (Lipinski definition) is 3. The standard InChI is InChI=1S/C13H20ClNO2/c1-5-9-10(6-8(2)15)11(14)7-12(16-3)13(9)17-4/h7-8H,5-6,15H2,1-4H3. The zero-order chi connectivity index (χ0) is 13.0. The first-order valence-electron chi connectivity index (χ1n) is 5.72. The maximum Gasteiger partial charge on any atom is 0.164 e. The van der Waals surface area contributed by atoms with Gasteiger partial charge in [-0.3, -0.25) is 0 Å². The van der Waals surface area contributed by atoms with Crippen molar-refractivity contribution in [2.24, 2.45) is 5.73 Å². The molecule has 1 aromatic rings. The minimum Gasteiger partial charge on any atom is -0.493 e.